The van der Waals surface area contributed by atoms with Crippen molar-refractivity contribution in [3.8, 4) is 23.3 Å². The zero-order valence-corrected chi connectivity index (χ0v) is 21.1. The highest BCUT2D eigenvalue weighted by atomic mass is 32.1. The summed E-state index contributed by atoms with van der Waals surface area (Å²) in [6, 6.07) is 1.23. The standard InChI is InChI=1S/C25H19F5N6O2S/c1-36-6-10(25(28,29)30)2-11(36)7-38-24-34-4-13-14-8-37-9-15(14)17(19(27)20(13)35-24)21-18-12(3-31)23(32)39-22(18)16(26)5-33-21/h4-5,10-11H,2,6-9,32H2,1H3/t10?,11-/m0/s1. The van der Waals surface area contributed by atoms with Gasteiger partial charge >= 0.3 is 12.2 Å². The molecule has 39 heavy (non-hydrogen) atoms. The van der Waals surface area contributed by atoms with Gasteiger partial charge in [-0.25, -0.2) is 13.8 Å². The van der Waals surface area contributed by atoms with Gasteiger partial charge in [0.05, 0.1) is 41.3 Å². The second-order valence-corrected chi connectivity index (χ2v) is 10.6. The lowest BCUT2D eigenvalue weighted by Gasteiger charge is -2.19. The number of nitrogens with two attached hydrogens (primary N) is 1. The van der Waals surface area contributed by atoms with Crippen LogP contribution in [0.4, 0.5) is 27.0 Å². The van der Waals surface area contributed by atoms with Crippen LogP contribution in [0.15, 0.2) is 12.4 Å². The molecule has 0 spiro atoms. The number of hydrogen-bond donors (Lipinski definition) is 1. The first-order valence-corrected chi connectivity index (χ1v) is 12.6. The number of ether oxygens (including phenoxy) is 2. The molecule has 0 saturated carbocycles. The van der Waals surface area contributed by atoms with Gasteiger partial charge in [0.1, 0.15) is 23.2 Å². The molecule has 202 valence electrons. The molecule has 1 aromatic carbocycles. The van der Waals surface area contributed by atoms with Crippen molar-refractivity contribution < 1.29 is 31.4 Å². The van der Waals surface area contributed by atoms with Gasteiger partial charge in [-0.3, -0.25) is 9.88 Å². The minimum atomic E-state index is -4.30. The van der Waals surface area contributed by atoms with E-state index in [1.54, 1.807) is 11.9 Å². The van der Waals surface area contributed by atoms with Gasteiger partial charge in [-0.2, -0.15) is 23.4 Å². The molecule has 1 fully saturated rings. The first-order valence-electron chi connectivity index (χ1n) is 11.8. The Labute approximate surface area is 221 Å². The van der Waals surface area contributed by atoms with E-state index < -0.39 is 29.8 Å². The van der Waals surface area contributed by atoms with E-state index in [2.05, 4.69) is 15.0 Å². The summed E-state index contributed by atoms with van der Waals surface area (Å²) in [5, 5.41) is 10.2. The lowest BCUT2D eigenvalue weighted by atomic mass is 9.94. The molecular weight excluding hydrogens is 543 g/mol. The minimum absolute atomic E-state index is 0.00231. The van der Waals surface area contributed by atoms with Gasteiger partial charge in [-0.15, -0.1) is 11.3 Å². The van der Waals surface area contributed by atoms with Crippen LogP contribution in [-0.2, 0) is 18.0 Å². The molecule has 0 radical (unpaired) electrons. The van der Waals surface area contributed by atoms with Crippen molar-refractivity contribution in [2.45, 2.75) is 31.9 Å². The summed E-state index contributed by atoms with van der Waals surface area (Å²) in [7, 11) is 1.58. The number of halogens is 5. The Morgan fingerprint density at radius 2 is 2.00 bits per heavy atom. The van der Waals surface area contributed by atoms with Crippen LogP contribution in [-0.4, -0.2) is 52.3 Å². The maximum atomic E-state index is 16.3. The zero-order chi connectivity index (χ0) is 27.6. The Bertz CT molecular complexity index is 1680. The van der Waals surface area contributed by atoms with Crippen molar-refractivity contribution in [1.82, 2.24) is 19.9 Å². The van der Waals surface area contributed by atoms with E-state index in [1.165, 1.54) is 6.20 Å². The molecule has 0 bridgehead atoms. The largest absolute Gasteiger partial charge is 0.462 e. The summed E-state index contributed by atoms with van der Waals surface area (Å²) in [5.74, 6) is -2.95. The van der Waals surface area contributed by atoms with Gasteiger partial charge in [0, 0.05) is 35.1 Å². The number of fused-ring (bicyclic) bond motifs is 4. The summed E-state index contributed by atoms with van der Waals surface area (Å²) in [5.41, 5.74) is 6.94. The lowest BCUT2D eigenvalue weighted by molar-refractivity contribution is -0.170. The number of aromatic nitrogens is 3. The molecule has 0 aliphatic carbocycles. The molecule has 8 nitrogen and oxygen atoms in total. The van der Waals surface area contributed by atoms with Crippen LogP contribution in [0.25, 0.3) is 32.2 Å². The van der Waals surface area contributed by atoms with Crippen molar-refractivity contribution >= 4 is 37.3 Å². The van der Waals surface area contributed by atoms with E-state index >= 15 is 4.39 Å². The summed E-state index contributed by atoms with van der Waals surface area (Å²) in [6.07, 6.45) is -2.11. The number of hydrogen-bond acceptors (Lipinski definition) is 9. The topological polar surface area (TPSA) is 110 Å². The number of anilines is 1. The third kappa shape index (κ3) is 4.12. The first-order chi connectivity index (χ1) is 18.6. The van der Waals surface area contributed by atoms with Crippen LogP contribution in [0.5, 0.6) is 6.01 Å². The molecule has 4 aromatic rings. The molecule has 6 rings (SSSR count). The van der Waals surface area contributed by atoms with E-state index in [-0.39, 0.29) is 76.2 Å². The maximum Gasteiger partial charge on any atom is 0.393 e. The van der Waals surface area contributed by atoms with E-state index in [9.17, 15) is 22.8 Å². The van der Waals surface area contributed by atoms with Gasteiger partial charge in [-0.05, 0) is 24.6 Å². The van der Waals surface area contributed by atoms with Crippen molar-refractivity contribution in [2.75, 3.05) is 25.9 Å². The highest BCUT2D eigenvalue weighted by Crippen LogP contribution is 2.45. The van der Waals surface area contributed by atoms with Gasteiger partial charge in [0.25, 0.3) is 0 Å². The quantitative estimate of drug-likeness (QED) is 0.349. The fraction of sp³-hybridized carbons (Fsp3) is 0.360. The third-order valence-corrected chi connectivity index (χ3v) is 8.31. The van der Waals surface area contributed by atoms with Crippen molar-refractivity contribution in [2.24, 2.45) is 5.92 Å². The van der Waals surface area contributed by atoms with Crippen molar-refractivity contribution in [1.29, 1.82) is 5.26 Å². The van der Waals surface area contributed by atoms with Crippen LogP contribution in [0.1, 0.15) is 23.1 Å². The van der Waals surface area contributed by atoms with E-state index in [0.717, 1.165) is 17.5 Å². The molecule has 2 N–H and O–H groups in total. The average molecular weight is 563 g/mol. The predicted molar refractivity (Wildman–Crippen MR) is 132 cm³/mol. The molecule has 2 aliphatic rings. The van der Waals surface area contributed by atoms with Gasteiger partial charge < -0.3 is 15.2 Å². The number of alkyl halides is 3. The van der Waals surface area contributed by atoms with Crippen molar-refractivity contribution in [3.63, 3.8) is 0 Å². The zero-order valence-electron chi connectivity index (χ0n) is 20.3. The molecule has 5 heterocycles. The molecule has 2 aliphatic heterocycles. The number of rotatable bonds is 4. The number of likely N-dealkylation sites (N-methyl/N-ethyl adjacent to an activating group) is 1. The van der Waals surface area contributed by atoms with E-state index in [0.29, 0.717) is 16.5 Å². The minimum Gasteiger partial charge on any atom is -0.462 e. The number of nitrogen functional groups attached to an aromatic ring is 1. The number of benzene rings is 1. The Kier molecular flexibility index (Phi) is 6.05. The number of nitriles is 1. The Morgan fingerprint density at radius 1 is 1.23 bits per heavy atom. The Hall–Kier alpha value is -3.67. The predicted octanol–water partition coefficient (Wildman–Crippen LogP) is 4.93. The highest BCUT2D eigenvalue weighted by Gasteiger charge is 2.46. The fourth-order valence-electron chi connectivity index (χ4n) is 5.28. The number of thiophene rings is 1. The van der Waals surface area contributed by atoms with Gasteiger partial charge in [-0.1, -0.05) is 0 Å². The van der Waals surface area contributed by atoms with E-state index in [4.69, 9.17) is 15.2 Å². The fourth-order valence-corrected chi connectivity index (χ4v) is 6.21. The SMILES string of the molecule is CN1CC(C(F)(F)F)C[C@H]1COc1ncc2c3c(c(-c4ncc(F)c5sc(N)c(C#N)c45)c(F)c2n1)COC3. The van der Waals surface area contributed by atoms with Gasteiger partial charge in [0.15, 0.2) is 11.6 Å². The summed E-state index contributed by atoms with van der Waals surface area (Å²) >= 11 is 0.871. The summed E-state index contributed by atoms with van der Waals surface area (Å²) in [4.78, 5) is 14.1. The number of likely N-dealkylation sites (tertiary alicyclic amines) is 1. The van der Waals surface area contributed by atoms with Crippen LogP contribution in [0.2, 0.25) is 0 Å². The molecule has 1 saturated heterocycles. The van der Waals surface area contributed by atoms with Gasteiger partial charge in [0.2, 0.25) is 0 Å². The van der Waals surface area contributed by atoms with Crippen LogP contribution >= 0.6 is 11.3 Å². The summed E-state index contributed by atoms with van der Waals surface area (Å²) in [6.45, 7) is -0.0735. The smallest absolute Gasteiger partial charge is 0.393 e. The molecule has 1 unspecified atom stereocenters. The molecule has 0 amide bonds. The van der Waals surface area contributed by atoms with Crippen molar-refractivity contribution in [3.05, 3.63) is 40.7 Å². The number of pyridine rings is 1. The lowest BCUT2D eigenvalue weighted by Crippen LogP contribution is -2.31. The first kappa shape index (κ1) is 25.6. The highest BCUT2D eigenvalue weighted by molar-refractivity contribution is 7.23. The third-order valence-electron chi connectivity index (χ3n) is 7.28. The normalized spacial score (nSPS) is 19.6. The number of nitrogens with zero attached hydrogens (tertiary/aromatic N) is 5. The maximum absolute atomic E-state index is 16.3. The molecule has 14 heteroatoms. The Balaban J connectivity index is 1.43. The second-order valence-electron chi connectivity index (χ2n) is 9.54. The molecular formula is C25H19F5N6O2S. The molecule has 2 atom stereocenters. The Morgan fingerprint density at radius 3 is 2.72 bits per heavy atom. The van der Waals surface area contributed by atoms with Crippen LogP contribution in [0, 0.1) is 28.9 Å². The molecule has 3 aromatic heterocycles. The average Bonchev–Trinajstić information content (AvgIpc) is 3.61. The second kappa shape index (κ2) is 9.22. The van der Waals surface area contributed by atoms with Crippen LogP contribution < -0.4 is 10.5 Å². The summed E-state index contributed by atoms with van der Waals surface area (Å²) < 4.78 is 81.6. The van der Waals surface area contributed by atoms with E-state index in [1.807, 2.05) is 6.07 Å². The monoisotopic (exact) mass is 562 g/mol. The van der Waals surface area contributed by atoms with Crippen LogP contribution in [0.3, 0.4) is 0 Å².